The molecule has 0 bridgehead atoms. The van der Waals surface area contributed by atoms with Crippen molar-refractivity contribution < 1.29 is 9.53 Å². The summed E-state index contributed by atoms with van der Waals surface area (Å²) in [7, 11) is 1.63. The van der Waals surface area contributed by atoms with Crippen LogP contribution in [0.25, 0.3) is 0 Å². The number of aromatic nitrogens is 2. The smallest absolute Gasteiger partial charge is 0.221 e. The lowest BCUT2D eigenvalue weighted by molar-refractivity contribution is -0.114. The van der Waals surface area contributed by atoms with E-state index in [4.69, 9.17) is 4.74 Å². The van der Waals surface area contributed by atoms with Gasteiger partial charge in [0.1, 0.15) is 23.7 Å². The predicted octanol–water partition coefficient (Wildman–Crippen LogP) is 3.93. The summed E-state index contributed by atoms with van der Waals surface area (Å²) in [5.74, 6) is 1.97. The molecule has 1 heterocycles. The normalized spacial score (nSPS) is 10.1. The SMILES string of the molecule is COc1cccc(Nc2cc(Nc3ccc(NC(C)=O)cc3)ncn2)c1. The molecule has 3 aromatic rings. The van der Waals surface area contributed by atoms with E-state index in [-0.39, 0.29) is 5.91 Å². The van der Waals surface area contributed by atoms with Crippen molar-refractivity contribution in [3.63, 3.8) is 0 Å². The molecule has 7 nitrogen and oxygen atoms in total. The standard InChI is InChI=1S/C19H19N5O2/c1-13(25)22-14-6-8-15(9-7-14)23-18-11-19(21-12-20-18)24-16-4-3-5-17(10-16)26-2/h3-12H,1-2H3,(H,22,25)(H2,20,21,23,24). The molecule has 0 unspecified atom stereocenters. The lowest BCUT2D eigenvalue weighted by Crippen LogP contribution is -2.05. The van der Waals surface area contributed by atoms with Gasteiger partial charge in [0, 0.05) is 36.1 Å². The second-order valence-corrected chi connectivity index (χ2v) is 5.53. The molecule has 1 aromatic heterocycles. The van der Waals surface area contributed by atoms with Gasteiger partial charge in [-0.2, -0.15) is 0 Å². The van der Waals surface area contributed by atoms with E-state index in [0.29, 0.717) is 11.6 Å². The molecule has 2 aromatic carbocycles. The Morgan fingerprint density at radius 1 is 0.885 bits per heavy atom. The van der Waals surface area contributed by atoms with E-state index >= 15 is 0 Å². The molecule has 1 amide bonds. The molecule has 0 fully saturated rings. The first-order chi connectivity index (χ1) is 12.6. The highest BCUT2D eigenvalue weighted by Crippen LogP contribution is 2.22. The maximum absolute atomic E-state index is 11.1. The number of benzene rings is 2. The number of methoxy groups -OCH3 is 1. The van der Waals surface area contributed by atoms with Crippen LogP contribution in [0.1, 0.15) is 6.92 Å². The number of rotatable bonds is 6. The van der Waals surface area contributed by atoms with E-state index < -0.39 is 0 Å². The maximum Gasteiger partial charge on any atom is 0.221 e. The summed E-state index contributed by atoms with van der Waals surface area (Å²) in [4.78, 5) is 19.5. The fourth-order valence-corrected chi connectivity index (χ4v) is 2.33. The van der Waals surface area contributed by atoms with Crippen LogP contribution in [0.15, 0.2) is 60.9 Å². The van der Waals surface area contributed by atoms with Crippen LogP contribution in [0, 0.1) is 0 Å². The maximum atomic E-state index is 11.1. The quantitative estimate of drug-likeness (QED) is 0.625. The van der Waals surface area contributed by atoms with Crippen molar-refractivity contribution in [2.24, 2.45) is 0 Å². The first kappa shape index (κ1) is 17.2. The number of amides is 1. The molecule has 0 aliphatic rings. The van der Waals surface area contributed by atoms with Gasteiger partial charge in [0.15, 0.2) is 0 Å². The van der Waals surface area contributed by atoms with Crippen molar-refractivity contribution in [3.05, 3.63) is 60.9 Å². The number of hydrogen-bond donors (Lipinski definition) is 3. The molecule has 0 aliphatic carbocycles. The van der Waals surface area contributed by atoms with Gasteiger partial charge >= 0.3 is 0 Å². The zero-order valence-corrected chi connectivity index (χ0v) is 14.5. The second-order valence-electron chi connectivity index (χ2n) is 5.53. The number of nitrogens with zero attached hydrogens (tertiary/aromatic N) is 2. The number of nitrogens with one attached hydrogen (secondary N) is 3. The third kappa shape index (κ3) is 4.70. The van der Waals surface area contributed by atoms with Gasteiger partial charge in [-0.05, 0) is 36.4 Å². The molecule has 0 saturated heterocycles. The van der Waals surface area contributed by atoms with Crippen LogP contribution in [-0.2, 0) is 4.79 Å². The molecule has 3 rings (SSSR count). The molecule has 26 heavy (non-hydrogen) atoms. The fraction of sp³-hybridized carbons (Fsp3) is 0.105. The molecular formula is C19H19N5O2. The van der Waals surface area contributed by atoms with Gasteiger partial charge in [-0.1, -0.05) is 6.07 Å². The minimum atomic E-state index is -0.102. The van der Waals surface area contributed by atoms with Crippen LogP contribution in [0.5, 0.6) is 5.75 Å². The van der Waals surface area contributed by atoms with Crippen LogP contribution in [0.3, 0.4) is 0 Å². The van der Waals surface area contributed by atoms with E-state index in [1.54, 1.807) is 13.2 Å². The Bertz CT molecular complexity index is 896. The van der Waals surface area contributed by atoms with Crippen molar-refractivity contribution in [1.29, 1.82) is 0 Å². The summed E-state index contributed by atoms with van der Waals surface area (Å²) < 4.78 is 5.22. The number of carbonyl (C=O) groups excluding carboxylic acids is 1. The summed E-state index contributed by atoms with van der Waals surface area (Å²) in [5, 5.41) is 9.15. The van der Waals surface area contributed by atoms with Gasteiger partial charge in [0.05, 0.1) is 7.11 Å². The minimum Gasteiger partial charge on any atom is -0.497 e. The molecule has 132 valence electrons. The summed E-state index contributed by atoms with van der Waals surface area (Å²) in [5.41, 5.74) is 2.46. The number of hydrogen-bond acceptors (Lipinski definition) is 6. The van der Waals surface area contributed by atoms with Crippen LogP contribution in [-0.4, -0.2) is 23.0 Å². The molecule has 0 spiro atoms. The highest BCUT2D eigenvalue weighted by molar-refractivity contribution is 5.88. The van der Waals surface area contributed by atoms with Crippen LogP contribution in [0.2, 0.25) is 0 Å². The van der Waals surface area contributed by atoms with E-state index in [2.05, 4.69) is 25.9 Å². The Morgan fingerprint density at radius 3 is 2.19 bits per heavy atom. The summed E-state index contributed by atoms with van der Waals surface area (Å²) in [6.07, 6.45) is 1.48. The molecule has 0 radical (unpaired) electrons. The van der Waals surface area contributed by atoms with Gasteiger partial charge < -0.3 is 20.7 Å². The van der Waals surface area contributed by atoms with Crippen molar-refractivity contribution in [2.75, 3.05) is 23.1 Å². The third-order valence-corrected chi connectivity index (χ3v) is 3.49. The predicted molar refractivity (Wildman–Crippen MR) is 102 cm³/mol. The Hall–Kier alpha value is -3.61. The van der Waals surface area contributed by atoms with Crippen LogP contribution >= 0.6 is 0 Å². The van der Waals surface area contributed by atoms with Gasteiger partial charge in [0.25, 0.3) is 0 Å². The van der Waals surface area contributed by atoms with Crippen LogP contribution < -0.4 is 20.7 Å². The van der Waals surface area contributed by atoms with E-state index in [1.807, 2.05) is 48.5 Å². The summed E-state index contributed by atoms with van der Waals surface area (Å²) in [6, 6.07) is 16.8. The lowest BCUT2D eigenvalue weighted by atomic mass is 10.2. The van der Waals surface area contributed by atoms with E-state index in [1.165, 1.54) is 13.3 Å². The molecular weight excluding hydrogens is 330 g/mol. The number of ether oxygens (including phenoxy) is 1. The van der Waals surface area contributed by atoms with Crippen molar-refractivity contribution >= 4 is 34.6 Å². The van der Waals surface area contributed by atoms with Crippen LogP contribution in [0.4, 0.5) is 28.7 Å². The van der Waals surface area contributed by atoms with Gasteiger partial charge in [0.2, 0.25) is 5.91 Å². The first-order valence-corrected chi connectivity index (χ1v) is 8.00. The summed E-state index contributed by atoms with van der Waals surface area (Å²) in [6.45, 7) is 1.48. The average molecular weight is 349 g/mol. The van der Waals surface area contributed by atoms with Crippen molar-refractivity contribution in [2.45, 2.75) is 6.92 Å². The van der Waals surface area contributed by atoms with Gasteiger partial charge in [-0.25, -0.2) is 9.97 Å². The van der Waals surface area contributed by atoms with E-state index in [9.17, 15) is 4.79 Å². The van der Waals surface area contributed by atoms with Gasteiger partial charge in [-0.15, -0.1) is 0 Å². The van der Waals surface area contributed by atoms with Crippen molar-refractivity contribution in [1.82, 2.24) is 9.97 Å². The monoisotopic (exact) mass is 349 g/mol. The Labute approximate surface area is 151 Å². The zero-order chi connectivity index (χ0) is 18.4. The molecule has 7 heteroatoms. The topological polar surface area (TPSA) is 88.2 Å². The number of carbonyl (C=O) groups is 1. The Morgan fingerprint density at radius 2 is 1.54 bits per heavy atom. The molecule has 0 aliphatic heterocycles. The second kappa shape index (κ2) is 7.98. The first-order valence-electron chi connectivity index (χ1n) is 8.00. The molecule has 0 saturated carbocycles. The lowest BCUT2D eigenvalue weighted by Gasteiger charge is -2.10. The zero-order valence-electron chi connectivity index (χ0n) is 14.5. The molecule has 0 atom stereocenters. The fourth-order valence-electron chi connectivity index (χ4n) is 2.33. The highest BCUT2D eigenvalue weighted by Gasteiger charge is 2.02. The largest absolute Gasteiger partial charge is 0.497 e. The number of anilines is 5. The van der Waals surface area contributed by atoms with Gasteiger partial charge in [-0.3, -0.25) is 4.79 Å². The third-order valence-electron chi connectivity index (χ3n) is 3.49. The van der Waals surface area contributed by atoms with E-state index in [0.717, 1.165) is 22.8 Å². The van der Waals surface area contributed by atoms with Crippen molar-refractivity contribution in [3.8, 4) is 5.75 Å². The Balaban J connectivity index is 1.69. The summed E-state index contributed by atoms with van der Waals surface area (Å²) >= 11 is 0. The molecule has 3 N–H and O–H groups in total. The highest BCUT2D eigenvalue weighted by atomic mass is 16.5. The minimum absolute atomic E-state index is 0.102. The average Bonchev–Trinajstić information content (AvgIpc) is 2.63. The Kier molecular flexibility index (Phi) is 5.28.